The number of piperidine rings is 1. The molecule has 0 aromatic carbocycles. The highest BCUT2D eigenvalue weighted by atomic mass is 35.5. The lowest BCUT2D eigenvalue weighted by molar-refractivity contribution is 0.131. The topological polar surface area (TPSA) is 79.0 Å². The number of fused-ring (bicyclic) bond motifs is 1. The quantitative estimate of drug-likeness (QED) is 0.656. The lowest BCUT2D eigenvalue weighted by atomic mass is 10.1. The molecule has 1 atom stereocenters. The predicted molar refractivity (Wildman–Crippen MR) is 107 cm³/mol. The molecule has 1 aliphatic heterocycles. The van der Waals surface area contributed by atoms with Crippen molar-refractivity contribution < 1.29 is 9.13 Å². The van der Waals surface area contributed by atoms with Gasteiger partial charge in [-0.15, -0.1) is 0 Å². The Balaban J connectivity index is 1.56. The second kappa shape index (κ2) is 8.38. The van der Waals surface area contributed by atoms with Gasteiger partial charge >= 0.3 is 0 Å². The molecule has 0 amide bonds. The van der Waals surface area contributed by atoms with E-state index < -0.39 is 5.82 Å². The largest absolute Gasteiger partial charge is 0.383 e. The lowest BCUT2D eigenvalue weighted by Gasteiger charge is -2.33. The van der Waals surface area contributed by atoms with Crippen LogP contribution in [0.5, 0.6) is 0 Å². The first kappa shape index (κ1) is 19.0. The average molecular weight is 405 g/mol. The van der Waals surface area contributed by atoms with E-state index in [2.05, 4.69) is 30.2 Å². The first-order valence-electron chi connectivity index (χ1n) is 9.27. The zero-order chi connectivity index (χ0) is 19.5. The third-order valence-electron chi connectivity index (χ3n) is 4.94. The molecule has 0 saturated carbocycles. The summed E-state index contributed by atoms with van der Waals surface area (Å²) in [6.07, 6.45) is 6.55. The number of H-pyrrole nitrogens is 1. The number of likely N-dealkylation sites (tertiary alicyclic amines) is 1. The van der Waals surface area contributed by atoms with Crippen molar-refractivity contribution in [1.82, 2.24) is 24.8 Å². The summed E-state index contributed by atoms with van der Waals surface area (Å²) in [5.74, 6) is 0.174. The van der Waals surface area contributed by atoms with Crippen LogP contribution in [-0.4, -0.2) is 64.2 Å². The molecular formula is C19H22ClFN6O. The number of rotatable bonds is 6. The monoisotopic (exact) mass is 404 g/mol. The zero-order valence-electron chi connectivity index (χ0n) is 15.6. The molecule has 0 bridgehead atoms. The maximum atomic E-state index is 14.4. The molecular weight excluding hydrogens is 383 g/mol. The summed E-state index contributed by atoms with van der Waals surface area (Å²) in [6, 6.07) is 1.92. The number of methoxy groups -OCH3 is 1. The number of aromatic nitrogens is 4. The van der Waals surface area contributed by atoms with Crippen molar-refractivity contribution in [2.45, 2.75) is 18.9 Å². The summed E-state index contributed by atoms with van der Waals surface area (Å²) < 4.78 is 19.5. The van der Waals surface area contributed by atoms with Gasteiger partial charge in [0, 0.05) is 49.6 Å². The molecule has 3 aromatic rings. The van der Waals surface area contributed by atoms with Gasteiger partial charge < -0.3 is 15.0 Å². The van der Waals surface area contributed by atoms with E-state index in [9.17, 15) is 4.39 Å². The molecule has 2 N–H and O–H groups in total. The summed E-state index contributed by atoms with van der Waals surface area (Å²) in [6.45, 7) is 3.42. The predicted octanol–water partition coefficient (Wildman–Crippen LogP) is 3.34. The van der Waals surface area contributed by atoms with Gasteiger partial charge in [-0.3, -0.25) is 4.90 Å². The second-order valence-corrected chi connectivity index (χ2v) is 7.36. The van der Waals surface area contributed by atoms with Crippen molar-refractivity contribution in [3.63, 3.8) is 0 Å². The lowest BCUT2D eigenvalue weighted by Crippen LogP contribution is -2.43. The van der Waals surface area contributed by atoms with Crippen molar-refractivity contribution >= 4 is 28.5 Å². The van der Waals surface area contributed by atoms with Crippen LogP contribution < -0.4 is 5.32 Å². The fourth-order valence-corrected chi connectivity index (χ4v) is 3.71. The molecule has 7 nitrogen and oxygen atoms in total. The van der Waals surface area contributed by atoms with E-state index in [1.165, 1.54) is 6.20 Å². The molecule has 1 fully saturated rings. The summed E-state index contributed by atoms with van der Waals surface area (Å²) in [5, 5.41) is 4.58. The first-order chi connectivity index (χ1) is 13.6. The highest BCUT2D eigenvalue weighted by molar-refractivity contribution is 6.31. The Bertz CT molecular complexity index is 965. The van der Waals surface area contributed by atoms with Crippen LogP contribution >= 0.6 is 11.6 Å². The van der Waals surface area contributed by atoms with Gasteiger partial charge in [-0.25, -0.2) is 19.3 Å². The highest BCUT2D eigenvalue weighted by Crippen LogP contribution is 2.28. The number of halogens is 2. The Kier molecular flexibility index (Phi) is 5.70. The van der Waals surface area contributed by atoms with E-state index in [-0.39, 0.29) is 11.9 Å². The van der Waals surface area contributed by atoms with Gasteiger partial charge in [0.1, 0.15) is 5.65 Å². The smallest absolute Gasteiger partial charge is 0.183 e. The number of nitrogens with one attached hydrogen (secondary N) is 2. The first-order valence-corrected chi connectivity index (χ1v) is 9.65. The molecule has 28 heavy (non-hydrogen) atoms. The molecule has 0 aliphatic carbocycles. The van der Waals surface area contributed by atoms with Gasteiger partial charge in [-0.05, 0) is 25.5 Å². The molecule has 1 aliphatic rings. The maximum absolute atomic E-state index is 14.4. The number of hydrogen-bond acceptors (Lipinski definition) is 6. The van der Waals surface area contributed by atoms with E-state index in [0.717, 1.165) is 43.4 Å². The maximum Gasteiger partial charge on any atom is 0.183 e. The van der Waals surface area contributed by atoms with Gasteiger partial charge in [0.2, 0.25) is 0 Å². The van der Waals surface area contributed by atoms with Gasteiger partial charge in [0.05, 0.1) is 17.8 Å². The Morgan fingerprint density at radius 1 is 1.39 bits per heavy atom. The van der Waals surface area contributed by atoms with E-state index >= 15 is 0 Å². The van der Waals surface area contributed by atoms with Crippen LogP contribution in [-0.2, 0) is 4.74 Å². The van der Waals surface area contributed by atoms with Gasteiger partial charge in [0.15, 0.2) is 17.5 Å². The minimum Gasteiger partial charge on any atom is -0.383 e. The number of anilines is 1. The molecule has 4 rings (SSSR count). The van der Waals surface area contributed by atoms with E-state index in [1.807, 2.05) is 0 Å². The third-order valence-corrected chi connectivity index (χ3v) is 5.15. The van der Waals surface area contributed by atoms with Crippen molar-refractivity contribution in [2.24, 2.45) is 0 Å². The summed E-state index contributed by atoms with van der Waals surface area (Å²) in [7, 11) is 1.70. The normalized spacial score (nSPS) is 17.9. The van der Waals surface area contributed by atoms with Crippen molar-refractivity contribution in [3.05, 3.63) is 35.5 Å². The number of nitrogens with zero attached hydrogens (tertiary/aromatic N) is 4. The van der Waals surface area contributed by atoms with E-state index in [1.54, 1.807) is 25.6 Å². The molecule has 4 heterocycles. The average Bonchev–Trinajstić information content (AvgIpc) is 3.11. The molecule has 3 aromatic heterocycles. The van der Waals surface area contributed by atoms with Crippen LogP contribution in [0.25, 0.3) is 22.4 Å². The minimum absolute atomic E-state index is 0.127. The van der Waals surface area contributed by atoms with Crippen LogP contribution in [0.2, 0.25) is 5.02 Å². The number of aromatic amines is 1. The third kappa shape index (κ3) is 4.09. The van der Waals surface area contributed by atoms with Crippen LogP contribution in [0.3, 0.4) is 0 Å². The van der Waals surface area contributed by atoms with Gasteiger partial charge in [-0.2, -0.15) is 0 Å². The molecule has 0 spiro atoms. The fraction of sp³-hybridized carbons (Fsp3) is 0.421. The number of ether oxygens (including phenoxy) is 1. The fourth-order valence-electron chi connectivity index (χ4n) is 3.55. The van der Waals surface area contributed by atoms with Crippen molar-refractivity contribution in [2.75, 3.05) is 38.7 Å². The summed E-state index contributed by atoms with van der Waals surface area (Å²) >= 11 is 6.07. The minimum atomic E-state index is -0.464. The van der Waals surface area contributed by atoms with Crippen LogP contribution in [0.4, 0.5) is 10.2 Å². The Hall–Kier alpha value is -2.29. The molecule has 0 unspecified atom stereocenters. The van der Waals surface area contributed by atoms with Crippen molar-refractivity contribution in [3.8, 4) is 11.4 Å². The number of hydrogen-bond donors (Lipinski definition) is 2. The molecule has 1 saturated heterocycles. The van der Waals surface area contributed by atoms with Gasteiger partial charge in [-0.1, -0.05) is 11.6 Å². The molecule has 0 radical (unpaired) electrons. The van der Waals surface area contributed by atoms with Gasteiger partial charge in [0.25, 0.3) is 0 Å². The van der Waals surface area contributed by atoms with Crippen LogP contribution in [0.15, 0.2) is 24.7 Å². The van der Waals surface area contributed by atoms with Crippen LogP contribution in [0.1, 0.15) is 12.8 Å². The highest BCUT2D eigenvalue weighted by Gasteiger charge is 2.22. The van der Waals surface area contributed by atoms with Crippen LogP contribution in [0, 0.1) is 5.82 Å². The SMILES string of the molecule is COCCN1CCC[C@H](Nc2nc(-c3c[nH]c4ncc(Cl)cc34)ncc2F)C1. The standard InChI is InChI=1S/C19H22ClFN6O/c1-28-6-5-27-4-2-3-13(11-27)25-19-16(21)10-24-18(26-19)15-9-23-17-14(15)7-12(20)8-22-17/h7-10,13H,2-6,11H2,1H3,(H,22,23)(H,24,25,26)/t13-/m0/s1. The molecule has 9 heteroatoms. The zero-order valence-corrected chi connectivity index (χ0v) is 16.3. The number of pyridine rings is 1. The van der Waals surface area contributed by atoms with Crippen molar-refractivity contribution in [1.29, 1.82) is 0 Å². The Labute approximate surface area is 167 Å². The Morgan fingerprint density at radius 3 is 3.14 bits per heavy atom. The Morgan fingerprint density at radius 2 is 2.29 bits per heavy atom. The van der Waals surface area contributed by atoms with E-state index in [4.69, 9.17) is 16.3 Å². The van der Waals surface area contributed by atoms with E-state index in [0.29, 0.717) is 23.1 Å². The summed E-state index contributed by atoms with van der Waals surface area (Å²) in [4.78, 5) is 18.2. The molecule has 148 valence electrons. The summed E-state index contributed by atoms with van der Waals surface area (Å²) in [5.41, 5.74) is 1.42. The second-order valence-electron chi connectivity index (χ2n) is 6.92.